The van der Waals surface area contributed by atoms with Crippen molar-refractivity contribution < 1.29 is 9.52 Å². The van der Waals surface area contributed by atoms with Crippen molar-refractivity contribution in [3.05, 3.63) is 51.7 Å². The van der Waals surface area contributed by atoms with Gasteiger partial charge in [0.2, 0.25) is 0 Å². The first kappa shape index (κ1) is 11.4. The molecule has 1 aromatic carbocycles. The third-order valence-electron chi connectivity index (χ3n) is 2.95. The van der Waals surface area contributed by atoms with Crippen molar-refractivity contribution in [2.75, 3.05) is 0 Å². The summed E-state index contributed by atoms with van der Waals surface area (Å²) >= 11 is 1.52. The number of nitrogens with zero attached hydrogens (tertiary/aromatic N) is 1. The van der Waals surface area contributed by atoms with E-state index in [0.717, 1.165) is 21.5 Å². The molecule has 0 aliphatic carbocycles. The van der Waals surface area contributed by atoms with Crippen LogP contribution in [-0.4, -0.2) is 10.1 Å². The molecular weight excluding hydrogens is 246 g/mol. The van der Waals surface area contributed by atoms with E-state index < -0.39 is 6.10 Å². The lowest BCUT2D eigenvalue weighted by atomic mass is 10.1. The second-order valence-corrected chi connectivity index (χ2v) is 5.40. The molecule has 2 heterocycles. The number of benzene rings is 1. The van der Waals surface area contributed by atoms with Crippen molar-refractivity contribution >= 4 is 22.3 Å². The molecular formula is C14H13NO2S. The summed E-state index contributed by atoms with van der Waals surface area (Å²) in [6.45, 7) is 3.92. The molecule has 0 saturated heterocycles. The summed E-state index contributed by atoms with van der Waals surface area (Å²) in [5.41, 5.74) is 2.55. The molecule has 4 heteroatoms. The van der Waals surface area contributed by atoms with Gasteiger partial charge in [-0.2, -0.15) is 0 Å². The first-order chi connectivity index (χ1) is 8.65. The van der Waals surface area contributed by atoms with Gasteiger partial charge in [-0.3, -0.25) is 0 Å². The lowest BCUT2D eigenvalue weighted by molar-refractivity contribution is 0.188. The SMILES string of the molecule is Cc1nc(C(O)c2cc3cccc(C)c3o2)cs1. The largest absolute Gasteiger partial charge is 0.458 e. The van der Waals surface area contributed by atoms with Crippen molar-refractivity contribution in [2.24, 2.45) is 0 Å². The number of fused-ring (bicyclic) bond motifs is 1. The van der Waals surface area contributed by atoms with E-state index in [9.17, 15) is 5.11 Å². The van der Waals surface area contributed by atoms with Crippen molar-refractivity contribution in [1.82, 2.24) is 4.98 Å². The second-order valence-electron chi connectivity index (χ2n) is 4.34. The van der Waals surface area contributed by atoms with E-state index >= 15 is 0 Å². The van der Waals surface area contributed by atoms with Crippen LogP contribution in [0.3, 0.4) is 0 Å². The summed E-state index contributed by atoms with van der Waals surface area (Å²) in [6, 6.07) is 7.83. The standard InChI is InChI=1S/C14H13NO2S/c1-8-4-3-5-10-6-12(17-14(8)10)13(16)11-7-18-9(2)15-11/h3-7,13,16H,1-2H3. The Kier molecular flexibility index (Phi) is 2.69. The molecule has 0 bridgehead atoms. The first-order valence-electron chi connectivity index (χ1n) is 5.74. The van der Waals surface area contributed by atoms with E-state index in [0.29, 0.717) is 11.5 Å². The van der Waals surface area contributed by atoms with E-state index in [1.165, 1.54) is 11.3 Å². The number of para-hydroxylation sites is 1. The molecule has 3 rings (SSSR count). The molecule has 2 aromatic heterocycles. The van der Waals surface area contributed by atoms with Crippen LogP contribution in [0.5, 0.6) is 0 Å². The monoisotopic (exact) mass is 259 g/mol. The Morgan fingerprint density at radius 3 is 2.83 bits per heavy atom. The fourth-order valence-electron chi connectivity index (χ4n) is 2.02. The number of hydrogen-bond acceptors (Lipinski definition) is 4. The van der Waals surface area contributed by atoms with Crippen LogP contribution in [0.2, 0.25) is 0 Å². The molecule has 3 aromatic rings. The molecule has 3 nitrogen and oxygen atoms in total. The van der Waals surface area contributed by atoms with E-state index in [1.54, 1.807) is 0 Å². The van der Waals surface area contributed by atoms with Crippen LogP contribution in [0, 0.1) is 13.8 Å². The lowest BCUT2D eigenvalue weighted by Gasteiger charge is -2.02. The summed E-state index contributed by atoms with van der Waals surface area (Å²) in [4.78, 5) is 4.29. The Morgan fingerprint density at radius 2 is 2.17 bits per heavy atom. The predicted molar refractivity (Wildman–Crippen MR) is 71.9 cm³/mol. The molecule has 1 unspecified atom stereocenters. The number of aryl methyl sites for hydroxylation is 2. The minimum atomic E-state index is -0.790. The smallest absolute Gasteiger partial charge is 0.154 e. The van der Waals surface area contributed by atoms with Gasteiger partial charge in [0.05, 0.1) is 10.7 Å². The minimum absolute atomic E-state index is 0.546. The van der Waals surface area contributed by atoms with Crippen molar-refractivity contribution in [2.45, 2.75) is 20.0 Å². The Hall–Kier alpha value is -1.65. The highest BCUT2D eigenvalue weighted by Gasteiger charge is 2.18. The molecule has 0 aliphatic rings. The van der Waals surface area contributed by atoms with Crippen LogP contribution < -0.4 is 0 Å². The summed E-state index contributed by atoms with van der Waals surface area (Å²) in [5.74, 6) is 0.546. The maximum absolute atomic E-state index is 10.2. The van der Waals surface area contributed by atoms with Gasteiger partial charge in [0.1, 0.15) is 11.3 Å². The average Bonchev–Trinajstić information content (AvgIpc) is 2.95. The van der Waals surface area contributed by atoms with Crippen molar-refractivity contribution in [1.29, 1.82) is 0 Å². The molecule has 0 radical (unpaired) electrons. The summed E-state index contributed by atoms with van der Waals surface area (Å²) < 4.78 is 5.74. The average molecular weight is 259 g/mol. The Balaban J connectivity index is 2.06. The number of furan rings is 1. The van der Waals surface area contributed by atoms with Gasteiger partial charge in [0.15, 0.2) is 6.10 Å². The number of aromatic nitrogens is 1. The fourth-order valence-corrected chi connectivity index (χ4v) is 2.65. The number of aliphatic hydroxyl groups excluding tert-OH is 1. The van der Waals surface area contributed by atoms with Gasteiger partial charge < -0.3 is 9.52 Å². The second kappa shape index (κ2) is 4.23. The molecule has 92 valence electrons. The number of rotatable bonds is 2. The molecule has 0 amide bonds. The summed E-state index contributed by atoms with van der Waals surface area (Å²) in [7, 11) is 0. The Labute approximate surface area is 109 Å². The van der Waals surface area contributed by atoms with Gasteiger partial charge in [-0.15, -0.1) is 11.3 Å². The zero-order valence-electron chi connectivity index (χ0n) is 10.2. The molecule has 1 N–H and O–H groups in total. The maximum atomic E-state index is 10.2. The van der Waals surface area contributed by atoms with Crippen LogP contribution in [0.4, 0.5) is 0 Å². The first-order valence-corrected chi connectivity index (χ1v) is 6.62. The molecule has 0 aliphatic heterocycles. The molecule has 0 fully saturated rings. The van der Waals surface area contributed by atoms with E-state index in [2.05, 4.69) is 4.98 Å². The molecule has 1 atom stereocenters. The summed E-state index contributed by atoms with van der Waals surface area (Å²) in [5, 5.41) is 14.1. The minimum Gasteiger partial charge on any atom is -0.458 e. The van der Waals surface area contributed by atoms with Gasteiger partial charge in [0.25, 0.3) is 0 Å². The Bertz CT molecular complexity index is 699. The van der Waals surface area contributed by atoms with E-state index in [1.807, 2.05) is 43.5 Å². The van der Waals surface area contributed by atoms with Crippen molar-refractivity contribution in [3.63, 3.8) is 0 Å². The van der Waals surface area contributed by atoms with Gasteiger partial charge in [-0.05, 0) is 25.5 Å². The van der Waals surface area contributed by atoms with Crippen LogP contribution in [-0.2, 0) is 0 Å². The molecule has 18 heavy (non-hydrogen) atoms. The van der Waals surface area contributed by atoms with Gasteiger partial charge in [-0.1, -0.05) is 18.2 Å². The molecule has 0 spiro atoms. The normalized spacial score (nSPS) is 13.1. The highest BCUT2D eigenvalue weighted by atomic mass is 32.1. The topological polar surface area (TPSA) is 46.3 Å². The number of hydrogen-bond donors (Lipinski definition) is 1. The van der Waals surface area contributed by atoms with Crippen molar-refractivity contribution in [3.8, 4) is 0 Å². The quantitative estimate of drug-likeness (QED) is 0.765. The van der Waals surface area contributed by atoms with Crippen LogP contribution >= 0.6 is 11.3 Å². The fraction of sp³-hybridized carbons (Fsp3) is 0.214. The van der Waals surface area contributed by atoms with Gasteiger partial charge in [-0.25, -0.2) is 4.98 Å². The number of aliphatic hydroxyl groups is 1. The third kappa shape index (κ3) is 1.83. The van der Waals surface area contributed by atoms with Crippen LogP contribution in [0.25, 0.3) is 11.0 Å². The number of thiazole rings is 1. The highest BCUT2D eigenvalue weighted by molar-refractivity contribution is 7.09. The van der Waals surface area contributed by atoms with E-state index in [-0.39, 0.29) is 0 Å². The van der Waals surface area contributed by atoms with Gasteiger partial charge in [0, 0.05) is 10.8 Å². The Morgan fingerprint density at radius 1 is 1.33 bits per heavy atom. The maximum Gasteiger partial charge on any atom is 0.154 e. The zero-order chi connectivity index (χ0) is 12.7. The summed E-state index contributed by atoms with van der Waals surface area (Å²) in [6.07, 6.45) is -0.790. The lowest BCUT2D eigenvalue weighted by Crippen LogP contribution is -1.98. The zero-order valence-corrected chi connectivity index (χ0v) is 11.0. The van der Waals surface area contributed by atoms with Crippen LogP contribution in [0.15, 0.2) is 34.1 Å². The molecule has 0 saturated carbocycles. The third-order valence-corrected chi connectivity index (χ3v) is 3.74. The van der Waals surface area contributed by atoms with E-state index in [4.69, 9.17) is 4.42 Å². The highest BCUT2D eigenvalue weighted by Crippen LogP contribution is 2.30. The van der Waals surface area contributed by atoms with Crippen LogP contribution in [0.1, 0.15) is 28.1 Å². The van der Waals surface area contributed by atoms with Gasteiger partial charge >= 0.3 is 0 Å². The predicted octanol–water partition coefficient (Wildman–Crippen LogP) is 3.59.